The van der Waals surface area contributed by atoms with E-state index in [0.717, 1.165) is 5.57 Å². The zero-order chi connectivity index (χ0) is 11.2. The van der Waals surface area contributed by atoms with Crippen molar-refractivity contribution < 1.29 is 9.53 Å². The standard InChI is InChI=1S/C11H15NO2/c1-5-9(3)7-11(4,8-12)10(13)14-6-2/h1,6-7H2,2-4H3. The lowest BCUT2D eigenvalue weighted by molar-refractivity contribution is -0.151. The fraction of sp³-hybridized carbons (Fsp3) is 0.545. The number of hydrogen-bond donors (Lipinski definition) is 0. The van der Waals surface area contributed by atoms with Gasteiger partial charge in [0.05, 0.1) is 12.7 Å². The summed E-state index contributed by atoms with van der Waals surface area (Å²) in [4.78, 5) is 11.4. The Morgan fingerprint density at radius 3 is 2.57 bits per heavy atom. The predicted molar refractivity (Wildman–Crippen MR) is 53.3 cm³/mol. The molecule has 1 unspecified atom stereocenters. The Morgan fingerprint density at radius 1 is 1.64 bits per heavy atom. The quantitative estimate of drug-likeness (QED) is 0.508. The number of hydrogen-bond acceptors (Lipinski definition) is 3. The van der Waals surface area contributed by atoms with Crippen LogP contribution in [0.1, 0.15) is 27.2 Å². The third-order valence-corrected chi connectivity index (χ3v) is 1.89. The number of carbonyl (C=O) groups excluding carboxylic acids is 1. The van der Waals surface area contributed by atoms with Gasteiger partial charge in [-0.05, 0) is 26.3 Å². The Bertz CT molecular complexity index is 308. The molecule has 0 aromatic carbocycles. The average Bonchev–Trinajstić information content (AvgIpc) is 2.17. The molecule has 0 N–H and O–H groups in total. The average molecular weight is 193 g/mol. The summed E-state index contributed by atoms with van der Waals surface area (Å²) < 4.78 is 4.82. The first kappa shape index (κ1) is 12.5. The molecule has 0 aromatic heterocycles. The second kappa shape index (κ2) is 5.26. The molecule has 0 radical (unpaired) electrons. The first-order valence-electron chi connectivity index (χ1n) is 4.44. The Kier molecular flexibility index (Phi) is 4.69. The molecule has 0 aliphatic heterocycles. The Labute approximate surface area is 84.7 Å². The first-order chi connectivity index (χ1) is 6.50. The zero-order valence-electron chi connectivity index (χ0n) is 8.89. The lowest BCUT2D eigenvalue weighted by Crippen LogP contribution is -2.28. The Morgan fingerprint density at radius 2 is 2.21 bits per heavy atom. The van der Waals surface area contributed by atoms with Gasteiger partial charge in [-0.1, -0.05) is 6.58 Å². The van der Waals surface area contributed by atoms with Crippen LogP contribution in [0.25, 0.3) is 0 Å². The van der Waals surface area contributed by atoms with Crippen LogP contribution in [0.5, 0.6) is 0 Å². The van der Waals surface area contributed by atoms with Gasteiger partial charge in [-0.3, -0.25) is 4.79 Å². The Hall–Kier alpha value is -1.52. The summed E-state index contributed by atoms with van der Waals surface area (Å²) in [7, 11) is 0. The van der Waals surface area contributed by atoms with E-state index >= 15 is 0 Å². The molecule has 0 heterocycles. The van der Waals surface area contributed by atoms with E-state index in [1.807, 2.05) is 6.07 Å². The van der Waals surface area contributed by atoms with Gasteiger partial charge in [-0.15, -0.1) is 5.73 Å². The van der Waals surface area contributed by atoms with Gasteiger partial charge in [0.1, 0.15) is 0 Å². The van der Waals surface area contributed by atoms with Crippen molar-refractivity contribution in [2.45, 2.75) is 27.2 Å². The molecule has 0 spiro atoms. The van der Waals surface area contributed by atoms with E-state index in [9.17, 15) is 4.79 Å². The molecule has 0 saturated carbocycles. The molecule has 0 fully saturated rings. The van der Waals surface area contributed by atoms with Gasteiger partial charge in [0.2, 0.25) is 0 Å². The number of rotatable bonds is 4. The van der Waals surface area contributed by atoms with E-state index in [1.54, 1.807) is 20.8 Å². The molecule has 0 aliphatic rings. The summed E-state index contributed by atoms with van der Waals surface area (Å²) >= 11 is 0. The smallest absolute Gasteiger partial charge is 0.326 e. The van der Waals surface area contributed by atoms with Gasteiger partial charge in [0.15, 0.2) is 5.41 Å². The summed E-state index contributed by atoms with van der Waals surface area (Å²) in [6, 6.07) is 1.97. The van der Waals surface area contributed by atoms with Crippen LogP contribution in [0, 0.1) is 16.7 Å². The topological polar surface area (TPSA) is 50.1 Å². The van der Waals surface area contributed by atoms with E-state index in [-0.39, 0.29) is 6.61 Å². The molecule has 0 saturated heterocycles. The minimum Gasteiger partial charge on any atom is -0.465 e. The van der Waals surface area contributed by atoms with Crippen LogP contribution >= 0.6 is 0 Å². The Balaban J connectivity index is 4.74. The fourth-order valence-corrected chi connectivity index (χ4v) is 1.04. The SMILES string of the molecule is C=C=C(C)CC(C)(C#N)C(=O)OCC. The number of nitriles is 1. The summed E-state index contributed by atoms with van der Waals surface area (Å²) in [5.74, 6) is -0.489. The van der Waals surface area contributed by atoms with Crippen molar-refractivity contribution in [3.63, 3.8) is 0 Å². The van der Waals surface area contributed by atoms with Crippen molar-refractivity contribution >= 4 is 5.97 Å². The van der Waals surface area contributed by atoms with Gasteiger partial charge in [-0.2, -0.15) is 5.26 Å². The van der Waals surface area contributed by atoms with Crippen molar-refractivity contribution in [3.8, 4) is 6.07 Å². The van der Waals surface area contributed by atoms with E-state index in [0.29, 0.717) is 6.42 Å². The highest BCUT2D eigenvalue weighted by molar-refractivity contribution is 5.79. The van der Waals surface area contributed by atoms with Gasteiger partial charge >= 0.3 is 5.97 Å². The fourth-order valence-electron chi connectivity index (χ4n) is 1.04. The molecule has 3 nitrogen and oxygen atoms in total. The number of nitrogens with zero attached hydrogens (tertiary/aromatic N) is 1. The molecule has 14 heavy (non-hydrogen) atoms. The molecular formula is C11H15NO2. The van der Waals surface area contributed by atoms with Crippen LogP contribution in [0.3, 0.4) is 0 Å². The van der Waals surface area contributed by atoms with Gasteiger partial charge in [0.25, 0.3) is 0 Å². The maximum Gasteiger partial charge on any atom is 0.326 e. The molecular weight excluding hydrogens is 178 g/mol. The third kappa shape index (κ3) is 3.08. The van der Waals surface area contributed by atoms with Gasteiger partial charge in [-0.25, -0.2) is 0 Å². The van der Waals surface area contributed by atoms with E-state index in [2.05, 4.69) is 12.3 Å². The van der Waals surface area contributed by atoms with Crippen LogP contribution < -0.4 is 0 Å². The van der Waals surface area contributed by atoms with Crippen LogP contribution in [0.15, 0.2) is 17.9 Å². The van der Waals surface area contributed by atoms with E-state index in [4.69, 9.17) is 10.00 Å². The highest BCUT2D eigenvalue weighted by atomic mass is 16.5. The van der Waals surface area contributed by atoms with Crippen LogP contribution in [0.4, 0.5) is 0 Å². The van der Waals surface area contributed by atoms with Crippen molar-refractivity contribution in [1.82, 2.24) is 0 Å². The van der Waals surface area contributed by atoms with E-state index < -0.39 is 11.4 Å². The molecule has 0 aliphatic carbocycles. The van der Waals surface area contributed by atoms with Crippen molar-refractivity contribution in [3.05, 3.63) is 17.9 Å². The molecule has 76 valence electrons. The summed E-state index contributed by atoms with van der Waals surface area (Å²) in [5.41, 5.74) is 2.32. The van der Waals surface area contributed by atoms with Crippen molar-refractivity contribution in [2.75, 3.05) is 6.61 Å². The molecule has 0 rings (SSSR count). The van der Waals surface area contributed by atoms with Crippen molar-refractivity contribution in [1.29, 1.82) is 5.26 Å². The normalized spacial score (nSPS) is 13.3. The molecule has 0 bridgehead atoms. The van der Waals surface area contributed by atoms with Crippen LogP contribution in [-0.4, -0.2) is 12.6 Å². The zero-order valence-corrected chi connectivity index (χ0v) is 8.89. The highest BCUT2D eigenvalue weighted by Crippen LogP contribution is 2.26. The molecule has 3 heteroatoms. The monoisotopic (exact) mass is 193 g/mol. The molecule has 0 amide bonds. The second-order valence-electron chi connectivity index (χ2n) is 3.30. The lowest BCUT2D eigenvalue weighted by Gasteiger charge is -2.18. The number of carbonyl (C=O) groups is 1. The largest absolute Gasteiger partial charge is 0.465 e. The van der Waals surface area contributed by atoms with E-state index in [1.165, 1.54) is 0 Å². The maximum atomic E-state index is 11.4. The molecule has 1 atom stereocenters. The minimum atomic E-state index is -1.12. The predicted octanol–water partition coefficient (Wildman–Crippen LogP) is 2.20. The lowest BCUT2D eigenvalue weighted by atomic mass is 9.86. The summed E-state index contributed by atoms with van der Waals surface area (Å²) in [6.07, 6.45) is 0.311. The van der Waals surface area contributed by atoms with Crippen LogP contribution in [-0.2, 0) is 9.53 Å². The van der Waals surface area contributed by atoms with Gasteiger partial charge in [0, 0.05) is 6.42 Å². The number of esters is 1. The molecule has 0 aromatic rings. The summed E-state index contributed by atoms with van der Waals surface area (Å²) in [5, 5.41) is 8.91. The summed E-state index contributed by atoms with van der Waals surface area (Å²) in [6.45, 7) is 8.80. The first-order valence-corrected chi connectivity index (χ1v) is 4.44. The maximum absolute atomic E-state index is 11.4. The second-order valence-corrected chi connectivity index (χ2v) is 3.30. The minimum absolute atomic E-state index is 0.285. The van der Waals surface area contributed by atoms with Gasteiger partial charge < -0.3 is 4.74 Å². The third-order valence-electron chi connectivity index (χ3n) is 1.89. The number of allylic oxidation sites excluding steroid dienone is 1. The highest BCUT2D eigenvalue weighted by Gasteiger charge is 2.35. The number of ether oxygens (including phenoxy) is 1. The van der Waals surface area contributed by atoms with Crippen LogP contribution in [0.2, 0.25) is 0 Å². The van der Waals surface area contributed by atoms with Crippen molar-refractivity contribution in [2.24, 2.45) is 5.41 Å².